The Morgan fingerprint density at radius 2 is 1.00 bits per heavy atom. The molecule has 6 heteroatoms. The highest BCUT2D eigenvalue weighted by Gasteiger charge is 2.21. The smallest absolute Gasteiger partial charge is 0.201 e. The maximum atomic E-state index is 5.84. The number of halogens is 2. The molecule has 0 saturated carbocycles. The lowest BCUT2D eigenvalue weighted by Crippen LogP contribution is -2.33. The SMILES string of the molecule is C[Si](C)(CCl)OCCCCCCO[Si](C)(C)CCl. The molecule has 0 aliphatic carbocycles. The fraction of sp³-hybridized carbons (Fsp3) is 1.00. The Morgan fingerprint density at radius 1 is 0.667 bits per heavy atom. The lowest BCUT2D eigenvalue weighted by molar-refractivity contribution is 0.280. The average Bonchev–Trinajstić information content (AvgIpc) is 2.32. The van der Waals surface area contributed by atoms with Crippen LogP contribution in [-0.4, -0.2) is 40.9 Å². The predicted octanol–water partition coefficient (Wildman–Crippen LogP) is 4.55. The summed E-state index contributed by atoms with van der Waals surface area (Å²) in [5.41, 5.74) is 1.36. The van der Waals surface area contributed by atoms with Crippen molar-refractivity contribution in [2.75, 3.05) is 24.2 Å². The maximum absolute atomic E-state index is 5.84. The molecular formula is C12H28Cl2O2Si2. The average molecular weight is 331 g/mol. The van der Waals surface area contributed by atoms with Gasteiger partial charge in [-0.3, -0.25) is 0 Å². The number of hydrogen-bond acceptors (Lipinski definition) is 2. The highest BCUT2D eigenvalue weighted by Crippen LogP contribution is 2.10. The largest absolute Gasteiger partial charge is 0.416 e. The summed E-state index contributed by atoms with van der Waals surface area (Å²) in [5, 5.41) is 0. The van der Waals surface area contributed by atoms with Crippen LogP contribution in [0, 0.1) is 0 Å². The first-order valence-electron chi connectivity index (χ1n) is 6.73. The van der Waals surface area contributed by atoms with Gasteiger partial charge in [0.15, 0.2) is 0 Å². The number of hydrogen-bond donors (Lipinski definition) is 0. The molecule has 0 saturated heterocycles. The molecule has 0 N–H and O–H groups in total. The summed E-state index contributed by atoms with van der Waals surface area (Å²) in [5.74, 6) is 0. The maximum Gasteiger partial charge on any atom is 0.201 e. The van der Waals surface area contributed by atoms with Crippen LogP contribution in [0.15, 0.2) is 0 Å². The fourth-order valence-corrected chi connectivity index (χ4v) is 3.34. The lowest BCUT2D eigenvalue weighted by atomic mass is 10.2. The predicted molar refractivity (Wildman–Crippen MR) is 86.8 cm³/mol. The first kappa shape index (κ1) is 18.9. The third kappa shape index (κ3) is 10.8. The van der Waals surface area contributed by atoms with Crippen molar-refractivity contribution in [2.24, 2.45) is 0 Å². The highest BCUT2D eigenvalue weighted by molar-refractivity contribution is 6.78. The second-order valence-corrected chi connectivity index (χ2v) is 15.7. The standard InChI is InChI=1S/C12H28Cl2O2Si2/c1-17(2,11-13)15-9-7-5-6-8-10-16-18(3,4)12-14/h5-12H2,1-4H3. The minimum absolute atomic E-state index is 0.680. The Balaban J connectivity index is 3.32. The zero-order valence-corrected chi connectivity index (χ0v) is 15.7. The third-order valence-corrected chi connectivity index (χ3v) is 9.79. The van der Waals surface area contributed by atoms with Crippen LogP contribution in [0.3, 0.4) is 0 Å². The van der Waals surface area contributed by atoms with Crippen LogP contribution < -0.4 is 0 Å². The second-order valence-electron chi connectivity index (χ2n) is 5.90. The van der Waals surface area contributed by atoms with E-state index in [1.165, 1.54) is 12.8 Å². The Bertz CT molecular complexity index is 192. The molecule has 0 rings (SSSR count). The first-order valence-corrected chi connectivity index (χ1v) is 14.0. The number of rotatable bonds is 11. The molecule has 0 heterocycles. The number of alkyl halides is 2. The van der Waals surface area contributed by atoms with Gasteiger partial charge in [-0.1, -0.05) is 12.8 Å². The fourth-order valence-electron chi connectivity index (χ4n) is 1.33. The molecule has 0 unspecified atom stereocenters. The third-order valence-electron chi connectivity index (χ3n) is 2.67. The summed E-state index contributed by atoms with van der Waals surface area (Å²) in [6.07, 6.45) is 4.67. The summed E-state index contributed by atoms with van der Waals surface area (Å²) in [4.78, 5) is 0. The molecule has 0 bridgehead atoms. The monoisotopic (exact) mass is 330 g/mol. The van der Waals surface area contributed by atoms with Gasteiger partial charge in [-0.05, 0) is 39.0 Å². The summed E-state index contributed by atoms with van der Waals surface area (Å²) in [6, 6.07) is 0. The van der Waals surface area contributed by atoms with Crippen LogP contribution in [0.1, 0.15) is 25.7 Å². The van der Waals surface area contributed by atoms with Crippen molar-refractivity contribution < 1.29 is 8.85 Å². The van der Waals surface area contributed by atoms with Gasteiger partial charge in [0.2, 0.25) is 16.6 Å². The Labute approximate surface area is 125 Å². The van der Waals surface area contributed by atoms with E-state index in [0.717, 1.165) is 26.1 Å². The minimum atomic E-state index is -1.55. The summed E-state index contributed by atoms with van der Waals surface area (Å²) in [7, 11) is -3.10. The molecule has 0 aromatic rings. The van der Waals surface area contributed by atoms with E-state index in [0.29, 0.717) is 11.0 Å². The van der Waals surface area contributed by atoms with Crippen molar-refractivity contribution >= 4 is 39.8 Å². The Kier molecular flexibility index (Phi) is 10.3. The zero-order valence-electron chi connectivity index (χ0n) is 12.2. The van der Waals surface area contributed by atoms with Crippen molar-refractivity contribution in [1.82, 2.24) is 0 Å². The molecule has 0 spiro atoms. The molecule has 18 heavy (non-hydrogen) atoms. The molecule has 0 aromatic carbocycles. The van der Waals surface area contributed by atoms with E-state index in [1.807, 2.05) is 0 Å². The van der Waals surface area contributed by atoms with E-state index < -0.39 is 16.6 Å². The van der Waals surface area contributed by atoms with Crippen LogP contribution >= 0.6 is 23.2 Å². The molecular weight excluding hydrogens is 303 g/mol. The molecule has 0 radical (unpaired) electrons. The highest BCUT2D eigenvalue weighted by atomic mass is 35.5. The zero-order chi connectivity index (χ0) is 14.1. The van der Waals surface area contributed by atoms with Gasteiger partial charge in [-0.15, -0.1) is 23.2 Å². The van der Waals surface area contributed by atoms with Crippen LogP contribution in [0.25, 0.3) is 0 Å². The minimum Gasteiger partial charge on any atom is -0.416 e. The van der Waals surface area contributed by atoms with Crippen molar-refractivity contribution in [3.8, 4) is 0 Å². The van der Waals surface area contributed by atoms with E-state index in [1.54, 1.807) is 0 Å². The molecule has 0 fully saturated rings. The van der Waals surface area contributed by atoms with Gasteiger partial charge >= 0.3 is 0 Å². The van der Waals surface area contributed by atoms with Crippen LogP contribution in [0.5, 0.6) is 0 Å². The van der Waals surface area contributed by atoms with Gasteiger partial charge in [0.25, 0.3) is 0 Å². The van der Waals surface area contributed by atoms with Crippen molar-refractivity contribution in [3.63, 3.8) is 0 Å². The first-order chi connectivity index (χ1) is 8.33. The Hall–Kier alpha value is 0.934. The molecule has 110 valence electrons. The van der Waals surface area contributed by atoms with Crippen molar-refractivity contribution in [3.05, 3.63) is 0 Å². The van der Waals surface area contributed by atoms with Crippen LogP contribution in [-0.2, 0) is 8.85 Å². The van der Waals surface area contributed by atoms with Gasteiger partial charge in [0.1, 0.15) is 0 Å². The van der Waals surface area contributed by atoms with E-state index in [9.17, 15) is 0 Å². The molecule has 0 amide bonds. The van der Waals surface area contributed by atoms with Crippen LogP contribution in [0.4, 0.5) is 0 Å². The molecule has 0 aliphatic rings. The van der Waals surface area contributed by atoms with E-state index in [2.05, 4.69) is 26.2 Å². The lowest BCUT2D eigenvalue weighted by Gasteiger charge is -2.20. The van der Waals surface area contributed by atoms with Crippen LogP contribution in [0.2, 0.25) is 26.2 Å². The topological polar surface area (TPSA) is 18.5 Å². The van der Waals surface area contributed by atoms with Gasteiger partial charge in [-0.2, -0.15) is 0 Å². The summed E-state index contributed by atoms with van der Waals surface area (Å²) in [6.45, 7) is 10.3. The van der Waals surface area contributed by atoms with E-state index in [-0.39, 0.29) is 0 Å². The normalized spacial score (nSPS) is 13.0. The molecule has 0 aliphatic heterocycles. The summed E-state index contributed by atoms with van der Waals surface area (Å²) >= 11 is 11.7. The van der Waals surface area contributed by atoms with Gasteiger partial charge in [0, 0.05) is 24.2 Å². The second kappa shape index (κ2) is 9.78. The van der Waals surface area contributed by atoms with E-state index >= 15 is 0 Å². The van der Waals surface area contributed by atoms with Crippen molar-refractivity contribution in [2.45, 2.75) is 51.9 Å². The van der Waals surface area contributed by atoms with E-state index in [4.69, 9.17) is 32.1 Å². The molecule has 0 atom stereocenters. The quantitative estimate of drug-likeness (QED) is 0.314. The summed E-state index contributed by atoms with van der Waals surface area (Å²) < 4.78 is 11.6. The Morgan fingerprint density at radius 3 is 1.28 bits per heavy atom. The molecule has 2 nitrogen and oxygen atoms in total. The van der Waals surface area contributed by atoms with Gasteiger partial charge in [0.05, 0.1) is 0 Å². The van der Waals surface area contributed by atoms with Gasteiger partial charge < -0.3 is 8.85 Å². The van der Waals surface area contributed by atoms with Crippen molar-refractivity contribution in [1.29, 1.82) is 0 Å². The van der Waals surface area contributed by atoms with Gasteiger partial charge in [-0.25, -0.2) is 0 Å². The number of unbranched alkanes of at least 4 members (excludes halogenated alkanes) is 3. The molecule has 0 aromatic heterocycles.